The molecule has 32 heavy (non-hydrogen) atoms. The van der Waals surface area contributed by atoms with Gasteiger partial charge in [0.2, 0.25) is 0 Å². The summed E-state index contributed by atoms with van der Waals surface area (Å²) in [6, 6.07) is 13.1. The maximum absolute atomic E-state index is 14.7. The molecule has 0 unspecified atom stereocenters. The Kier molecular flexibility index (Phi) is 5.46. The second-order valence-corrected chi connectivity index (χ2v) is 8.08. The Morgan fingerprint density at radius 3 is 2.66 bits per heavy atom. The molecule has 0 amide bonds. The number of hydrogen-bond acceptors (Lipinski definition) is 5. The van der Waals surface area contributed by atoms with Crippen LogP contribution in [0, 0.1) is 5.82 Å². The van der Waals surface area contributed by atoms with E-state index in [4.69, 9.17) is 0 Å². The van der Waals surface area contributed by atoms with Crippen LogP contribution in [0.2, 0.25) is 0 Å². The van der Waals surface area contributed by atoms with Gasteiger partial charge in [0, 0.05) is 34.8 Å². The van der Waals surface area contributed by atoms with E-state index in [9.17, 15) is 13.2 Å². The summed E-state index contributed by atoms with van der Waals surface area (Å²) in [6.07, 6.45) is 2.70. The average Bonchev–Trinajstić information content (AvgIpc) is 3.43. The van der Waals surface area contributed by atoms with Gasteiger partial charge in [0.15, 0.2) is 0 Å². The van der Waals surface area contributed by atoms with E-state index in [1.54, 1.807) is 23.0 Å². The number of alkyl halides is 2. The number of benzene rings is 2. The van der Waals surface area contributed by atoms with Crippen molar-refractivity contribution in [2.24, 2.45) is 10.2 Å². The monoisotopic (exact) mass is 438 g/mol. The van der Waals surface area contributed by atoms with Gasteiger partial charge < -0.3 is 5.32 Å². The molecule has 0 radical (unpaired) electrons. The third-order valence-corrected chi connectivity index (χ3v) is 5.79. The van der Waals surface area contributed by atoms with Crippen LogP contribution in [-0.2, 0) is 6.54 Å². The van der Waals surface area contributed by atoms with Gasteiger partial charge >= 0.3 is 0 Å². The van der Waals surface area contributed by atoms with Gasteiger partial charge in [0.1, 0.15) is 17.2 Å². The van der Waals surface area contributed by atoms with E-state index in [-0.39, 0.29) is 18.7 Å². The molecule has 1 aliphatic carbocycles. The van der Waals surface area contributed by atoms with Gasteiger partial charge in [0.25, 0.3) is 6.43 Å². The van der Waals surface area contributed by atoms with E-state index in [1.807, 2.05) is 24.3 Å². The predicted molar refractivity (Wildman–Crippen MR) is 117 cm³/mol. The number of aromatic nitrogens is 3. The molecule has 164 valence electrons. The zero-order chi connectivity index (χ0) is 22.1. The summed E-state index contributed by atoms with van der Waals surface area (Å²) < 4.78 is 41.7. The Balaban J connectivity index is 1.27. The van der Waals surface area contributed by atoms with Crippen LogP contribution in [0.15, 0.2) is 58.9 Å². The molecule has 5 rings (SSSR count). The fourth-order valence-electron chi connectivity index (χ4n) is 3.74. The van der Waals surface area contributed by atoms with Gasteiger partial charge in [-0.05, 0) is 37.5 Å². The Hall–Kier alpha value is -3.49. The van der Waals surface area contributed by atoms with Crippen molar-refractivity contribution in [1.82, 2.24) is 15.0 Å². The maximum Gasteiger partial charge on any atom is 0.278 e. The maximum atomic E-state index is 14.7. The third-order valence-electron chi connectivity index (χ3n) is 5.79. The number of nitrogens with zero attached hydrogens (tertiary/aromatic N) is 5. The van der Waals surface area contributed by atoms with Crippen molar-refractivity contribution in [3.63, 3.8) is 0 Å². The van der Waals surface area contributed by atoms with Gasteiger partial charge in [-0.25, -0.2) is 17.9 Å². The van der Waals surface area contributed by atoms with Crippen molar-refractivity contribution in [2.45, 2.75) is 44.7 Å². The van der Waals surface area contributed by atoms with Crippen LogP contribution < -0.4 is 5.32 Å². The van der Waals surface area contributed by atoms with Crippen molar-refractivity contribution in [1.29, 1.82) is 0 Å². The molecule has 6 nitrogen and oxygen atoms in total. The summed E-state index contributed by atoms with van der Waals surface area (Å²) in [5, 5.41) is 19.1. The molecule has 3 aromatic rings. The highest BCUT2D eigenvalue weighted by molar-refractivity contribution is 6.15. The van der Waals surface area contributed by atoms with Gasteiger partial charge in [0.05, 0.1) is 18.5 Å². The lowest BCUT2D eigenvalue weighted by Crippen LogP contribution is -2.26. The molecule has 0 spiro atoms. The smallest absolute Gasteiger partial charge is 0.278 e. The highest BCUT2D eigenvalue weighted by Gasteiger charge is 2.22. The molecule has 1 saturated carbocycles. The van der Waals surface area contributed by atoms with Crippen LogP contribution in [0.4, 0.5) is 18.9 Å². The summed E-state index contributed by atoms with van der Waals surface area (Å²) in [4.78, 5) is 0. The fraction of sp³-hybridized carbons (Fsp3) is 0.304. The SMILES string of the molecule is Fc1cc(C2=NN=C(C(F)F)C2)ccc1Cn1cc(-c2cccc(NC3CCC3)c2)nn1. The Morgan fingerprint density at radius 1 is 1.06 bits per heavy atom. The largest absolute Gasteiger partial charge is 0.382 e. The van der Waals surface area contributed by atoms with E-state index in [2.05, 4.69) is 25.8 Å². The van der Waals surface area contributed by atoms with E-state index < -0.39 is 12.2 Å². The zero-order valence-electron chi connectivity index (χ0n) is 17.2. The fourth-order valence-corrected chi connectivity index (χ4v) is 3.74. The minimum absolute atomic E-state index is 0.0719. The molecule has 1 aromatic heterocycles. The van der Waals surface area contributed by atoms with E-state index in [0.717, 1.165) is 11.3 Å². The molecule has 2 aromatic carbocycles. The van der Waals surface area contributed by atoms with Crippen LogP contribution in [0.25, 0.3) is 11.3 Å². The van der Waals surface area contributed by atoms with Gasteiger partial charge in [-0.15, -0.1) is 5.10 Å². The van der Waals surface area contributed by atoms with E-state index >= 15 is 0 Å². The molecule has 0 saturated heterocycles. The molecule has 0 bridgehead atoms. The topological polar surface area (TPSA) is 67.5 Å². The first-order valence-corrected chi connectivity index (χ1v) is 10.5. The normalized spacial score (nSPS) is 16.1. The van der Waals surface area contributed by atoms with Crippen molar-refractivity contribution in [2.75, 3.05) is 5.32 Å². The molecule has 1 aliphatic heterocycles. The minimum Gasteiger partial charge on any atom is -0.382 e. The van der Waals surface area contributed by atoms with Crippen LogP contribution in [0.3, 0.4) is 0 Å². The Bertz CT molecular complexity index is 1200. The van der Waals surface area contributed by atoms with E-state index in [1.165, 1.54) is 25.3 Å². The molecule has 2 aliphatic rings. The quantitative estimate of drug-likeness (QED) is 0.570. The first kappa shape index (κ1) is 20.4. The van der Waals surface area contributed by atoms with Crippen molar-refractivity contribution >= 4 is 17.1 Å². The second kappa shape index (κ2) is 8.57. The Labute approximate surface area is 182 Å². The highest BCUT2D eigenvalue weighted by atomic mass is 19.3. The van der Waals surface area contributed by atoms with E-state index in [0.29, 0.717) is 28.6 Å². The predicted octanol–water partition coefficient (Wildman–Crippen LogP) is 4.91. The Morgan fingerprint density at radius 2 is 1.94 bits per heavy atom. The number of nitrogens with one attached hydrogen (secondary N) is 1. The minimum atomic E-state index is -2.66. The summed E-state index contributed by atoms with van der Waals surface area (Å²) in [5.74, 6) is -0.459. The first-order chi connectivity index (χ1) is 15.5. The van der Waals surface area contributed by atoms with Crippen molar-refractivity contribution in [3.8, 4) is 11.3 Å². The summed E-state index contributed by atoms with van der Waals surface area (Å²) in [6.45, 7) is 0.199. The molecule has 0 atom stereocenters. The van der Waals surface area contributed by atoms with Gasteiger partial charge in [-0.3, -0.25) is 0 Å². The number of halogens is 3. The molecular weight excluding hydrogens is 417 g/mol. The lowest BCUT2D eigenvalue weighted by atomic mass is 9.93. The number of anilines is 1. The van der Waals surface area contributed by atoms with Gasteiger partial charge in [-0.1, -0.05) is 29.5 Å². The highest BCUT2D eigenvalue weighted by Crippen LogP contribution is 2.26. The lowest BCUT2D eigenvalue weighted by molar-refractivity contribution is 0.224. The molecule has 1 fully saturated rings. The molecular formula is C23H21F3N6. The second-order valence-electron chi connectivity index (χ2n) is 8.08. The number of hydrogen-bond donors (Lipinski definition) is 1. The summed E-state index contributed by atoms with van der Waals surface area (Å²) in [7, 11) is 0. The number of rotatable bonds is 7. The van der Waals surface area contributed by atoms with Crippen LogP contribution in [-0.4, -0.2) is 38.9 Å². The first-order valence-electron chi connectivity index (χ1n) is 10.5. The van der Waals surface area contributed by atoms with Crippen molar-refractivity contribution < 1.29 is 13.2 Å². The zero-order valence-corrected chi connectivity index (χ0v) is 17.2. The molecule has 1 N–H and O–H groups in total. The summed E-state index contributed by atoms with van der Waals surface area (Å²) >= 11 is 0. The van der Waals surface area contributed by atoms with Crippen LogP contribution in [0.1, 0.15) is 36.8 Å². The van der Waals surface area contributed by atoms with Crippen LogP contribution >= 0.6 is 0 Å². The summed E-state index contributed by atoms with van der Waals surface area (Å²) in [5.41, 5.74) is 3.59. The molecule has 2 heterocycles. The van der Waals surface area contributed by atoms with Crippen molar-refractivity contribution in [3.05, 3.63) is 65.6 Å². The lowest BCUT2D eigenvalue weighted by Gasteiger charge is -2.27. The standard InChI is InChI=1S/C23H21F3N6/c24-19-10-15(20-11-21(23(25)26)29-28-20)7-8-16(19)12-32-13-22(30-31-32)14-3-1-6-18(9-14)27-17-4-2-5-17/h1,3,6-10,13,17,23,27H,2,4-5,11-12H2. The van der Waals surface area contributed by atoms with Gasteiger partial charge in [-0.2, -0.15) is 10.2 Å². The molecule has 9 heteroatoms. The third kappa shape index (κ3) is 4.28. The van der Waals surface area contributed by atoms with Crippen LogP contribution in [0.5, 0.6) is 0 Å². The average molecular weight is 438 g/mol.